The Labute approximate surface area is 111 Å². The average Bonchev–Trinajstić information content (AvgIpc) is 2.84. The molecule has 2 aromatic rings. The molecule has 0 radical (unpaired) electrons. The van der Waals surface area contributed by atoms with Crippen LogP contribution in [0, 0.1) is 0 Å². The number of hydrogen-bond acceptors (Lipinski definition) is 3. The van der Waals surface area contributed by atoms with Crippen molar-refractivity contribution in [2.45, 2.75) is 6.92 Å². The van der Waals surface area contributed by atoms with Gasteiger partial charge >= 0.3 is 0 Å². The van der Waals surface area contributed by atoms with Crippen molar-refractivity contribution in [1.82, 2.24) is 15.5 Å². The van der Waals surface area contributed by atoms with Gasteiger partial charge < -0.3 is 10.1 Å². The number of ether oxygens (including phenoxy) is 1. The zero-order valence-corrected chi connectivity index (χ0v) is 10.9. The molecule has 0 bridgehead atoms. The highest BCUT2D eigenvalue weighted by atomic mass is 16.5. The Morgan fingerprint density at radius 1 is 1.53 bits per heavy atom. The lowest BCUT2D eigenvalue weighted by molar-refractivity contribution is 0.0927. The molecule has 0 aliphatic rings. The Morgan fingerprint density at radius 2 is 2.37 bits per heavy atom. The molecule has 0 saturated carbocycles. The number of aromatic nitrogens is 2. The number of H-pyrrole nitrogens is 1. The van der Waals surface area contributed by atoms with E-state index in [0.717, 1.165) is 16.5 Å². The van der Waals surface area contributed by atoms with Crippen molar-refractivity contribution in [3.05, 3.63) is 42.1 Å². The highest BCUT2D eigenvalue weighted by Crippen LogP contribution is 2.12. The molecule has 1 aromatic carbocycles. The van der Waals surface area contributed by atoms with Gasteiger partial charge in [0.25, 0.3) is 5.91 Å². The van der Waals surface area contributed by atoms with E-state index in [1.807, 2.05) is 19.1 Å². The third-order valence-corrected chi connectivity index (χ3v) is 2.58. The highest BCUT2D eigenvalue weighted by Gasteiger charge is 2.06. The van der Waals surface area contributed by atoms with Crippen LogP contribution in [-0.4, -0.2) is 35.9 Å². The van der Waals surface area contributed by atoms with Gasteiger partial charge in [-0.15, -0.1) is 0 Å². The molecular formula is C14H17N3O2. The van der Waals surface area contributed by atoms with Crippen LogP contribution in [0.15, 0.2) is 36.5 Å². The van der Waals surface area contributed by atoms with E-state index in [9.17, 15) is 4.79 Å². The van der Waals surface area contributed by atoms with Gasteiger partial charge in [-0.05, 0) is 25.1 Å². The number of rotatable bonds is 6. The summed E-state index contributed by atoms with van der Waals surface area (Å²) in [6, 6.07) is 5.42. The van der Waals surface area contributed by atoms with Crippen molar-refractivity contribution in [3.8, 4) is 0 Å². The van der Waals surface area contributed by atoms with E-state index in [4.69, 9.17) is 4.74 Å². The molecule has 100 valence electrons. The van der Waals surface area contributed by atoms with Gasteiger partial charge in [-0.3, -0.25) is 9.89 Å². The second-order valence-electron chi connectivity index (χ2n) is 4.44. The molecule has 0 saturated heterocycles. The Bertz CT molecular complexity index is 589. The minimum absolute atomic E-state index is 0.109. The third kappa shape index (κ3) is 3.66. The monoisotopic (exact) mass is 259 g/mol. The molecule has 1 heterocycles. The van der Waals surface area contributed by atoms with Gasteiger partial charge in [0.05, 0.1) is 24.9 Å². The molecule has 2 N–H and O–H groups in total. The minimum atomic E-state index is -0.109. The molecule has 1 amide bonds. The van der Waals surface area contributed by atoms with Crippen molar-refractivity contribution in [1.29, 1.82) is 0 Å². The largest absolute Gasteiger partial charge is 0.375 e. The van der Waals surface area contributed by atoms with E-state index in [0.29, 0.717) is 25.3 Å². The van der Waals surface area contributed by atoms with Crippen LogP contribution in [0.25, 0.3) is 10.9 Å². The van der Waals surface area contributed by atoms with E-state index in [2.05, 4.69) is 22.1 Å². The number of hydrogen-bond donors (Lipinski definition) is 2. The van der Waals surface area contributed by atoms with Gasteiger partial charge in [-0.25, -0.2) is 0 Å². The van der Waals surface area contributed by atoms with Crippen molar-refractivity contribution in [2.24, 2.45) is 0 Å². The maximum absolute atomic E-state index is 11.9. The van der Waals surface area contributed by atoms with Crippen molar-refractivity contribution in [3.63, 3.8) is 0 Å². The number of benzene rings is 1. The summed E-state index contributed by atoms with van der Waals surface area (Å²) in [6.45, 7) is 7.12. The molecule has 0 atom stereocenters. The molecule has 0 fully saturated rings. The molecule has 5 nitrogen and oxygen atoms in total. The van der Waals surface area contributed by atoms with Crippen LogP contribution in [-0.2, 0) is 4.74 Å². The Hall–Kier alpha value is -2.14. The van der Waals surface area contributed by atoms with Crippen LogP contribution in [0.1, 0.15) is 17.3 Å². The van der Waals surface area contributed by atoms with E-state index in [1.165, 1.54) is 0 Å². The fraction of sp³-hybridized carbons (Fsp3) is 0.286. The van der Waals surface area contributed by atoms with Crippen LogP contribution in [0.5, 0.6) is 0 Å². The summed E-state index contributed by atoms with van der Waals surface area (Å²) in [5.41, 5.74) is 2.51. The first kappa shape index (κ1) is 13.3. The summed E-state index contributed by atoms with van der Waals surface area (Å²) in [5.74, 6) is -0.109. The number of carbonyl (C=O) groups excluding carboxylic acids is 1. The molecular weight excluding hydrogens is 242 g/mol. The summed E-state index contributed by atoms with van der Waals surface area (Å²) < 4.78 is 5.31. The minimum Gasteiger partial charge on any atom is -0.375 e. The number of nitrogens with zero attached hydrogens (tertiary/aromatic N) is 1. The van der Waals surface area contributed by atoms with Gasteiger partial charge in [-0.1, -0.05) is 12.2 Å². The Balaban J connectivity index is 1.84. The molecule has 5 heteroatoms. The second-order valence-corrected chi connectivity index (χ2v) is 4.44. The third-order valence-electron chi connectivity index (χ3n) is 2.58. The molecule has 2 rings (SSSR count). The first-order chi connectivity index (χ1) is 9.16. The van der Waals surface area contributed by atoms with Crippen LogP contribution < -0.4 is 5.32 Å². The molecule has 0 spiro atoms. The predicted molar refractivity (Wildman–Crippen MR) is 74.1 cm³/mol. The predicted octanol–water partition coefficient (Wildman–Crippen LogP) is 1.89. The van der Waals surface area contributed by atoms with Crippen molar-refractivity contribution < 1.29 is 9.53 Å². The molecule has 0 aliphatic heterocycles. The van der Waals surface area contributed by atoms with Gasteiger partial charge in [0, 0.05) is 17.5 Å². The average molecular weight is 259 g/mol. The maximum Gasteiger partial charge on any atom is 0.251 e. The van der Waals surface area contributed by atoms with Crippen LogP contribution in [0.3, 0.4) is 0 Å². The number of amides is 1. The Morgan fingerprint density at radius 3 is 3.16 bits per heavy atom. The van der Waals surface area contributed by atoms with Gasteiger partial charge in [-0.2, -0.15) is 5.10 Å². The first-order valence-corrected chi connectivity index (χ1v) is 6.10. The zero-order valence-electron chi connectivity index (χ0n) is 10.9. The van der Waals surface area contributed by atoms with Gasteiger partial charge in [0.2, 0.25) is 0 Å². The summed E-state index contributed by atoms with van der Waals surface area (Å²) in [6.07, 6.45) is 1.70. The maximum atomic E-state index is 11.9. The lowest BCUT2D eigenvalue weighted by atomic mass is 10.1. The molecule has 1 aromatic heterocycles. The summed E-state index contributed by atoms with van der Waals surface area (Å²) >= 11 is 0. The summed E-state index contributed by atoms with van der Waals surface area (Å²) in [5, 5.41) is 10.5. The summed E-state index contributed by atoms with van der Waals surface area (Å²) in [4.78, 5) is 11.9. The van der Waals surface area contributed by atoms with E-state index >= 15 is 0 Å². The zero-order chi connectivity index (χ0) is 13.7. The number of aromatic amines is 1. The first-order valence-electron chi connectivity index (χ1n) is 6.10. The number of nitrogens with one attached hydrogen (secondary N) is 2. The van der Waals surface area contributed by atoms with E-state index < -0.39 is 0 Å². The van der Waals surface area contributed by atoms with E-state index in [-0.39, 0.29) is 5.91 Å². The molecule has 19 heavy (non-hydrogen) atoms. The normalized spacial score (nSPS) is 10.6. The lowest BCUT2D eigenvalue weighted by Gasteiger charge is -2.06. The standard InChI is InChI=1S/C14H17N3O2/c1-10(2)9-19-6-5-15-14(18)11-3-4-13-12(7-11)8-16-17-13/h3-4,7-8H,1,5-6,9H2,2H3,(H,15,18)(H,16,17). The van der Waals surface area contributed by atoms with Gasteiger partial charge in [0.1, 0.15) is 0 Å². The fourth-order valence-electron chi connectivity index (χ4n) is 1.67. The Kier molecular flexibility index (Phi) is 4.30. The highest BCUT2D eigenvalue weighted by molar-refractivity contribution is 5.97. The topological polar surface area (TPSA) is 67.0 Å². The summed E-state index contributed by atoms with van der Waals surface area (Å²) in [7, 11) is 0. The van der Waals surface area contributed by atoms with Gasteiger partial charge in [0.15, 0.2) is 0 Å². The van der Waals surface area contributed by atoms with Crippen LogP contribution >= 0.6 is 0 Å². The molecule has 0 aliphatic carbocycles. The smallest absolute Gasteiger partial charge is 0.251 e. The van der Waals surface area contributed by atoms with Crippen LogP contribution in [0.2, 0.25) is 0 Å². The lowest BCUT2D eigenvalue weighted by Crippen LogP contribution is -2.27. The van der Waals surface area contributed by atoms with Crippen molar-refractivity contribution >= 4 is 16.8 Å². The van der Waals surface area contributed by atoms with E-state index in [1.54, 1.807) is 12.3 Å². The quantitative estimate of drug-likeness (QED) is 0.615. The fourth-order valence-corrected chi connectivity index (χ4v) is 1.67. The number of carbonyl (C=O) groups is 1. The van der Waals surface area contributed by atoms with Crippen molar-refractivity contribution in [2.75, 3.05) is 19.8 Å². The van der Waals surface area contributed by atoms with Crippen LogP contribution in [0.4, 0.5) is 0 Å². The SMILES string of the molecule is C=C(C)COCCNC(=O)c1ccc2[nH]ncc2c1. The second kappa shape index (κ2) is 6.15. The number of fused-ring (bicyclic) bond motifs is 1. The molecule has 0 unspecified atom stereocenters.